The van der Waals surface area contributed by atoms with Crippen molar-refractivity contribution in [2.45, 2.75) is 56.2 Å². The van der Waals surface area contributed by atoms with E-state index >= 15 is 4.39 Å². The van der Waals surface area contributed by atoms with Crippen LogP contribution in [0.1, 0.15) is 26.7 Å². The van der Waals surface area contributed by atoms with Gasteiger partial charge in [0.2, 0.25) is 0 Å². The Labute approximate surface area is 177 Å². The van der Waals surface area contributed by atoms with Crippen LogP contribution in [0, 0.1) is 0 Å². The molecule has 8 nitrogen and oxygen atoms in total. The number of benzene rings is 1. The third-order valence-electron chi connectivity index (χ3n) is 6.28. The number of fused-ring (bicyclic) bond motifs is 2. The third-order valence-corrected chi connectivity index (χ3v) is 6.28. The molecule has 0 saturated carbocycles. The second-order valence-corrected chi connectivity index (χ2v) is 8.69. The van der Waals surface area contributed by atoms with Crippen LogP contribution in [0.4, 0.5) is 8.78 Å². The Balaban J connectivity index is 1.34. The van der Waals surface area contributed by atoms with E-state index < -0.39 is 29.5 Å². The zero-order valence-corrected chi connectivity index (χ0v) is 17.0. The van der Waals surface area contributed by atoms with E-state index in [0.717, 1.165) is 5.69 Å². The average Bonchev–Trinajstić information content (AvgIpc) is 3.33. The number of aromatic nitrogens is 5. The van der Waals surface area contributed by atoms with Crippen LogP contribution in [-0.4, -0.2) is 59.4 Å². The molecule has 4 heterocycles. The number of hydrogen-bond donors (Lipinski definition) is 2. The second-order valence-electron chi connectivity index (χ2n) is 8.69. The van der Waals surface area contributed by atoms with Gasteiger partial charge >= 0.3 is 6.01 Å². The summed E-state index contributed by atoms with van der Waals surface area (Å²) in [5, 5.41) is 21.5. The van der Waals surface area contributed by atoms with Crippen LogP contribution in [0.5, 0.6) is 11.8 Å². The number of imidazole rings is 1. The van der Waals surface area contributed by atoms with Gasteiger partial charge in [0.25, 0.3) is 0 Å². The van der Waals surface area contributed by atoms with Crippen molar-refractivity contribution < 1.29 is 18.6 Å². The molecule has 5 rings (SSSR count). The fraction of sp³-hybridized carbons (Fsp3) is 0.429. The molecule has 0 radical (unpaired) electrons. The molecule has 2 N–H and O–H groups in total. The molecule has 2 bridgehead atoms. The normalized spacial score (nSPS) is 32.2. The van der Waals surface area contributed by atoms with E-state index in [2.05, 4.69) is 25.5 Å². The molecular weight excluding hydrogens is 406 g/mol. The quantitative estimate of drug-likeness (QED) is 0.659. The number of alkyl halides is 2. The van der Waals surface area contributed by atoms with Gasteiger partial charge in [0.05, 0.1) is 29.3 Å². The Morgan fingerprint density at radius 2 is 2.03 bits per heavy atom. The number of ether oxygens (including phenoxy) is 1. The van der Waals surface area contributed by atoms with E-state index in [9.17, 15) is 9.50 Å². The van der Waals surface area contributed by atoms with Gasteiger partial charge in [0.15, 0.2) is 6.17 Å². The SMILES string of the molecule is C[C@]12C[C@@H](Oc3ncc(-c4ccc(-n5ccnc5)cc4O)nn3)[C@H](F)[C@](C)(C[C@H]1F)N2. The van der Waals surface area contributed by atoms with Crippen LogP contribution < -0.4 is 10.1 Å². The predicted molar refractivity (Wildman–Crippen MR) is 107 cm³/mol. The number of nitrogens with one attached hydrogen (secondary N) is 1. The first-order chi connectivity index (χ1) is 14.8. The summed E-state index contributed by atoms with van der Waals surface area (Å²) in [5.41, 5.74) is -0.320. The van der Waals surface area contributed by atoms with Crippen molar-refractivity contribution in [2.75, 3.05) is 0 Å². The van der Waals surface area contributed by atoms with Crippen molar-refractivity contribution in [3.63, 3.8) is 0 Å². The molecule has 0 spiro atoms. The molecule has 2 aromatic heterocycles. The molecule has 2 aliphatic heterocycles. The highest BCUT2D eigenvalue weighted by Crippen LogP contribution is 2.46. The third kappa shape index (κ3) is 3.31. The zero-order valence-electron chi connectivity index (χ0n) is 17.0. The summed E-state index contributed by atoms with van der Waals surface area (Å²) in [6.07, 6.45) is 3.24. The highest BCUT2D eigenvalue weighted by Gasteiger charge is 2.61. The first-order valence-corrected chi connectivity index (χ1v) is 10.0. The lowest BCUT2D eigenvalue weighted by atomic mass is 9.84. The summed E-state index contributed by atoms with van der Waals surface area (Å²) < 4.78 is 36.9. The van der Waals surface area contributed by atoms with Crippen molar-refractivity contribution in [1.29, 1.82) is 0 Å². The maximum Gasteiger partial charge on any atom is 0.336 e. The maximum absolute atomic E-state index is 15.0. The van der Waals surface area contributed by atoms with Gasteiger partial charge in [-0.2, -0.15) is 0 Å². The number of hydrogen-bond acceptors (Lipinski definition) is 7. The van der Waals surface area contributed by atoms with E-state index in [0.29, 0.717) is 11.3 Å². The number of aromatic hydroxyl groups is 1. The molecule has 0 unspecified atom stereocenters. The van der Waals surface area contributed by atoms with E-state index in [1.807, 2.05) is 0 Å². The van der Waals surface area contributed by atoms with Crippen LogP contribution in [0.15, 0.2) is 43.1 Å². The molecular formula is C21H22F2N6O2. The Morgan fingerprint density at radius 3 is 2.71 bits per heavy atom. The number of nitrogens with zero attached hydrogens (tertiary/aromatic N) is 5. The molecule has 2 fully saturated rings. The summed E-state index contributed by atoms with van der Waals surface area (Å²) in [5.74, 6) is 0.00422. The molecule has 1 aromatic carbocycles. The van der Waals surface area contributed by atoms with E-state index in [-0.39, 0.29) is 24.6 Å². The molecule has 5 atom stereocenters. The van der Waals surface area contributed by atoms with Crippen LogP contribution in [0.3, 0.4) is 0 Å². The van der Waals surface area contributed by atoms with Crippen molar-refractivity contribution in [1.82, 2.24) is 30.0 Å². The minimum Gasteiger partial charge on any atom is -0.507 e. The summed E-state index contributed by atoms with van der Waals surface area (Å²) in [4.78, 5) is 8.11. The fourth-order valence-electron chi connectivity index (χ4n) is 4.66. The molecule has 2 aliphatic rings. The average molecular weight is 428 g/mol. The molecule has 31 heavy (non-hydrogen) atoms. The van der Waals surface area contributed by atoms with Gasteiger partial charge in [0, 0.05) is 36.9 Å². The monoisotopic (exact) mass is 428 g/mol. The lowest BCUT2D eigenvalue weighted by Crippen LogP contribution is -2.64. The predicted octanol–water partition coefficient (Wildman–Crippen LogP) is 2.77. The van der Waals surface area contributed by atoms with E-state index in [4.69, 9.17) is 4.74 Å². The van der Waals surface area contributed by atoms with Gasteiger partial charge in [-0.1, -0.05) is 5.10 Å². The highest BCUT2D eigenvalue weighted by atomic mass is 19.1. The molecule has 0 amide bonds. The van der Waals surface area contributed by atoms with Gasteiger partial charge in [0.1, 0.15) is 23.7 Å². The summed E-state index contributed by atoms with van der Waals surface area (Å²) in [6.45, 7) is 3.41. The Morgan fingerprint density at radius 1 is 1.19 bits per heavy atom. The Bertz CT molecular complexity index is 1100. The number of phenols is 1. The zero-order chi connectivity index (χ0) is 21.8. The van der Waals surface area contributed by atoms with Crippen LogP contribution in [-0.2, 0) is 0 Å². The number of piperidine rings is 1. The summed E-state index contributed by atoms with van der Waals surface area (Å²) in [7, 11) is 0. The van der Waals surface area contributed by atoms with Crippen molar-refractivity contribution >= 4 is 0 Å². The fourth-order valence-corrected chi connectivity index (χ4v) is 4.66. The van der Waals surface area contributed by atoms with E-state index in [1.54, 1.807) is 55.3 Å². The first-order valence-electron chi connectivity index (χ1n) is 10.0. The van der Waals surface area contributed by atoms with Gasteiger partial charge in [-0.3, -0.25) is 0 Å². The standard InChI is InChI=1S/C21H22F2N6O2/c1-20-8-16(18(23)21(2,28-20)9-17(20)22)31-19-25-10-14(26-27-19)13-4-3-12(7-15(13)30)29-6-5-24-11-29/h3-7,10-11,16-18,28,30H,8-9H2,1-2H3/t16-,17-,18+,20+,21+/m1/s1. The highest BCUT2D eigenvalue weighted by molar-refractivity contribution is 5.67. The lowest BCUT2D eigenvalue weighted by molar-refractivity contribution is -0.0154. The Kier molecular flexibility index (Phi) is 4.44. The number of halogens is 2. The van der Waals surface area contributed by atoms with E-state index in [1.165, 1.54) is 6.20 Å². The molecule has 0 aliphatic carbocycles. The maximum atomic E-state index is 15.0. The topological polar surface area (TPSA) is 98.0 Å². The first kappa shape index (κ1) is 19.8. The largest absolute Gasteiger partial charge is 0.507 e. The van der Waals surface area contributed by atoms with Crippen molar-refractivity contribution in [3.8, 4) is 28.7 Å². The van der Waals surface area contributed by atoms with Crippen LogP contribution >= 0.6 is 0 Å². The van der Waals surface area contributed by atoms with Gasteiger partial charge in [-0.15, -0.1) is 5.10 Å². The van der Waals surface area contributed by atoms with Crippen molar-refractivity contribution in [3.05, 3.63) is 43.1 Å². The summed E-state index contributed by atoms with van der Waals surface area (Å²) in [6, 6.07) is 4.99. The second kappa shape index (κ2) is 6.94. The lowest BCUT2D eigenvalue weighted by Gasteiger charge is -2.43. The summed E-state index contributed by atoms with van der Waals surface area (Å²) >= 11 is 0. The molecule has 2 saturated heterocycles. The molecule has 10 heteroatoms. The minimum absolute atomic E-state index is 0.00422. The molecule has 162 valence electrons. The molecule has 3 aromatic rings. The number of rotatable bonds is 4. The van der Waals surface area contributed by atoms with Gasteiger partial charge in [-0.05, 0) is 26.0 Å². The van der Waals surface area contributed by atoms with Crippen LogP contribution in [0.25, 0.3) is 16.9 Å². The Hall–Kier alpha value is -3.14. The van der Waals surface area contributed by atoms with Gasteiger partial charge < -0.3 is 19.7 Å². The minimum atomic E-state index is -1.41. The number of phenolic OH excluding ortho intramolecular Hbond substituents is 1. The van der Waals surface area contributed by atoms with Gasteiger partial charge in [-0.25, -0.2) is 18.7 Å². The van der Waals surface area contributed by atoms with Crippen LogP contribution in [0.2, 0.25) is 0 Å². The smallest absolute Gasteiger partial charge is 0.336 e. The van der Waals surface area contributed by atoms with Crippen molar-refractivity contribution in [2.24, 2.45) is 0 Å².